The van der Waals surface area contributed by atoms with Crippen LogP contribution in [0.15, 0.2) is 36.7 Å². The van der Waals surface area contributed by atoms with Gasteiger partial charge in [0.2, 0.25) is 0 Å². The van der Waals surface area contributed by atoms with Gasteiger partial charge in [-0.15, -0.1) is 0 Å². The van der Waals surface area contributed by atoms with Crippen LogP contribution in [0, 0.1) is 0 Å². The third kappa shape index (κ3) is 4.29. The number of aromatic nitrogens is 2. The van der Waals surface area contributed by atoms with Crippen LogP contribution in [0.5, 0.6) is 5.75 Å². The molecule has 1 aromatic carbocycles. The molecule has 1 N–H and O–H groups in total. The van der Waals surface area contributed by atoms with Crippen molar-refractivity contribution in [2.24, 2.45) is 0 Å². The van der Waals surface area contributed by atoms with Crippen molar-refractivity contribution in [2.45, 2.75) is 13.5 Å². The van der Waals surface area contributed by atoms with E-state index in [1.165, 1.54) is 6.33 Å². The van der Waals surface area contributed by atoms with E-state index < -0.39 is 0 Å². The molecule has 0 bridgehead atoms. The number of methoxy groups -OCH3 is 1. The molecule has 7 heteroatoms. The number of piperazine rings is 1. The first-order valence-corrected chi connectivity index (χ1v) is 8.90. The Bertz CT molecular complexity index is 744. The number of nitrogens with zero attached hydrogens (tertiary/aromatic N) is 4. The molecule has 1 aliphatic heterocycles. The normalized spacial score (nSPS) is 14.9. The molecule has 0 spiro atoms. The quantitative estimate of drug-likeness (QED) is 0.848. The van der Waals surface area contributed by atoms with Crippen LogP contribution in [-0.4, -0.2) is 60.6 Å². The molecule has 0 aliphatic carbocycles. The number of hydrogen-bond donors (Lipinski definition) is 1. The smallest absolute Gasteiger partial charge is 0.270 e. The summed E-state index contributed by atoms with van der Waals surface area (Å²) in [7, 11) is 1.62. The maximum absolute atomic E-state index is 12.5. The van der Waals surface area contributed by atoms with Crippen LogP contribution in [0.25, 0.3) is 0 Å². The number of anilines is 1. The fourth-order valence-corrected chi connectivity index (χ4v) is 3.05. The van der Waals surface area contributed by atoms with Crippen LogP contribution < -0.4 is 15.0 Å². The van der Waals surface area contributed by atoms with E-state index in [-0.39, 0.29) is 5.91 Å². The van der Waals surface area contributed by atoms with Gasteiger partial charge in [0.1, 0.15) is 23.6 Å². The first-order valence-electron chi connectivity index (χ1n) is 8.90. The molecule has 2 heterocycles. The largest absolute Gasteiger partial charge is 0.496 e. The molecule has 1 aliphatic rings. The first-order chi connectivity index (χ1) is 12.7. The average molecular weight is 355 g/mol. The number of amides is 1. The van der Waals surface area contributed by atoms with Crippen molar-refractivity contribution in [3.8, 4) is 5.75 Å². The fraction of sp³-hybridized carbons (Fsp3) is 0.421. The summed E-state index contributed by atoms with van der Waals surface area (Å²) in [6.45, 7) is 7.46. The highest BCUT2D eigenvalue weighted by molar-refractivity contribution is 5.92. The van der Waals surface area contributed by atoms with Crippen molar-refractivity contribution < 1.29 is 9.53 Å². The highest BCUT2D eigenvalue weighted by atomic mass is 16.5. The molecule has 138 valence electrons. The van der Waals surface area contributed by atoms with E-state index in [1.807, 2.05) is 24.3 Å². The molecule has 26 heavy (non-hydrogen) atoms. The number of carbonyl (C=O) groups is 1. The third-order valence-corrected chi connectivity index (χ3v) is 4.66. The molecule has 0 saturated carbocycles. The number of rotatable bonds is 6. The standard InChI is InChI=1S/C19H25N5O2/c1-3-23-8-10-24(11-9-23)18-12-16(21-14-22-18)19(25)20-13-15-6-4-5-7-17(15)26-2/h4-7,12,14H,3,8-11,13H2,1-2H3,(H,20,25). The second-order valence-corrected chi connectivity index (χ2v) is 6.18. The lowest BCUT2D eigenvalue weighted by Crippen LogP contribution is -2.46. The molecule has 1 amide bonds. The van der Waals surface area contributed by atoms with Gasteiger partial charge in [0.15, 0.2) is 0 Å². The van der Waals surface area contributed by atoms with Gasteiger partial charge in [0.25, 0.3) is 5.91 Å². The van der Waals surface area contributed by atoms with Crippen molar-refractivity contribution >= 4 is 11.7 Å². The minimum Gasteiger partial charge on any atom is -0.496 e. The minimum absolute atomic E-state index is 0.216. The third-order valence-electron chi connectivity index (χ3n) is 4.66. The van der Waals surface area contributed by atoms with Gasteiger partial charge in [0.05, 0.1) is 7.11 Å². The van der Waals surface area contributed by atoms with Gasteiger partial charge in [0, 0.05) is 44.4 Å². The predicted octanol–water partition coefficient (Wildman–Crippen LogP) is 1.56. The van der Waals surface area contributed by atoms with Crippen LogP contribution in [0.3, 0.4) is 0 Å². The Kier molecular flexibility index (Phi) is 6.01. The van der Waals surface area contributed by atoms with Gasteiger partial charge in [-0.1, -0.05) is 25.1 Å². The summed E-state index contributed by atoms with van der Waals surface area (Å²) in [5.74, 6) is 1.34. The Morgan fingerprint density at radius 3 is 2.69 bits per heavy atom. The van der Waals surface area contributed by atoms with E-state index in [1.54, 1.807) is 13.2 Å². The van der Waals surface area contributed by atoms with Gasteiger partial charge in [-0.3, -0.25) is 4.79 Å². The molecule has 1 fully saturated rings. The van der Waals surface area contributed by atoms with E-state index in [0.717, 1.165) is 49.9 Å². The minimum atomic E-state index is -0.216. The maximum Gasteiger partial charge on any atom is 0.270 e. The van der Waals surface area contributed by atoms with Crippen LogP contribution in [0.4, 0.5) is 5.82 Å². The van der Waals surface area contributed by atoms with Crippen molar-refractivity contribution in [1.29, 1.82) is 0 Å². The molecule has 1 aromatic heterocycles. The fourth-order valence-electron chi connectivity index (χ4n) is 3.05. The van der Waals surface area contributed by atoms with E-state index in [0.29, 0.717) is 12.2 Å². The molecule has 0 unspecified atom stereocenters. The lowest BCUT2D eigenvalue weighted by atomic mass is 10.2. The summed E-state index contributed by atoms with van der Waals surface area (Å²) in [4.78, 5) is 25.5. The van der Waals surface area contributed by atoms with Crippen molar-refractivity contribution in [3.05, 3.63) is 47.9 Å². The zero-order valence-electron chi connectivity index (χ0n) is 15.3. The number of likely N-dealkylation sites (N-methyl/N-ethyl adjacent to an activating group) is 1. The van der Waals surface area contributed by atoms with Crippen LogP contribution in [-0.2, 0) is 6.54 Å². The summed E-state index contributed by atoms with van der Waals surface area (Å²) in [6, 6.07) is 9.39. The predicted molar refractivity (Wildman–Crippen MR) is 101 cm³/mol. The maximum atomic E-state index is 12.5. The highest BCUT2D eigenvalue weighted by Gasteiger charge is 2.18. The van der Waals surface area contributed by atoms with Crippen LogP contribution >= 0.6 is 0 Å². The van der Waals surface area contributed by atoms with Gasteiger partial charge in [-0.25, -0.2) is 9.97 Å². The zero-order valence-corrected chi connectivity index (χ0v) is 15.3. The Labute approximate surface area is 154 Å². The second kappa shape index (κ2) is 8.62. The zero-order chi connectivity index (χ0) is 18.4. The number of carbonyl (C=O) groups excluding carboxylic acids is 1. The van der Waals surface area contributed by atoms with Crippen molar-refractivity contribution in [3.63, 3.8) is 0 Å². The summed E-state index contributed by atoms with van der Waals surface area (Å²) in [5, 5.41) is 2.90. The SMILES string of the molecule is CCN1CCN(c2cc(C(=O)NCc3ccccc3OC)ncn2)CC1. The molecule has 2 aromatic rings. The molecule has 7 nitrogen and oxygen atoms in total. The van der Waals surface area contributed by atoms with Crippen molar-refractivity contribution in [2.75, 3.05) is 44.7 Å². The number of hydrogen-bond acceptors (Lipinski definition) is 6. The van der Waals surface area contributed by atoms with Gasteiger partial charge >= 0.3 is 0 Å². The Hall–Kier alpha value is -2.67. The number of ether oxygens (including phenoxy) is 1. The number of nitrogens with one attached hydrogen (secondary N) is 1. The van der Waals surface area contributed by atoms with Crippen LogP contribution in [0.2, 0.25) is 0 Å². The Morgan fingerprint density at radius 1 is 1.19 bits per heavy atom. The molecule has 1 saturated heterocycles. The van der Waals surface area contributed by atoms with Crippen LogP contribution in [0.1, 0.15) is 23.0 Å². The van der Waals surface area contributed by atoms with Gasteiger partial charge in [-0.05, 0) is 12.6 Å². The lowest BCUT2D eigenvalue weighted by molar-refractivity contribution is 0.0945. The number of benzene rings is 1. The number of para-hydroxylation sites is 1. The topological polar surface area (TPSA) is 70.6 Å². The average Bonchev–Trinajstić information content (AvgIpc) is 2.72. The summed E-state index contributed by atoms with van der Waals surface area (Å²) in [6.07, 6.45) is 1.46. The molecular formula is C19H25N5O2. The summed E-state index contributed by atoms with van der Waals surface area (Å²) < 4.78 is 5.31. The van der Waals surface area contributed by atoms with E-state index in [4.69, 9.17) is 4.74 Å². The Balaban J connectivity index is 1.63. The summed E-state index contributed by atoms with van der Waals surface area (Å²) >= 11 is 0. The second-order valence-electron chi connectivity index (χ2n) is 6.18. The molecule has 0 radical (unpaired) electrons. The molecule has 3 rings (SSSR count). The first kappa shape index (κ1) is 18.1. The van der Waals surface area contributed by atoms with E-state index >= 15 is 0 Å². The molecule has 0 atom stereocenters. The van der Waals surface area contributed by atoms with E-state index in [2.05, 4.69) is 32.0 Å². The van der Waals surface area contributed by atoms with Gasteiger partial charge < -0.3 is 19.9 Å². The van der Waals surface area contributed by atoms with Gasteiger partial charge in [-0.2, -0.15) is 0 Å². The van der Waals surface area contributed by atoms with Crippen molar-refractivity contribution in [1.82, 2.24) is 20.2 Å². The summed E-state index contributed by atoms with van der Waals surface area (Å²) in [5.41, 5.74) is 1.30. The van der Waals surface area contributed by atoms with E-state index in [9.17, 15) is 4.79 Å². The Morgan fingerprint density at radius 2 is 1.96 bits per heavy atom. The highest BCUT2D eigenvalue weighted by Crippen LogP contribution is 2.17. The molecular weight excluding hydrogens is 330 g/mol. The lowest BCUT2D eigenvalue weighted by Gasteiger charge is -2.34. The monoisotopic (exact) mass is 355 g/mol.